The Kier molecular flexibility index (Phi) is 4.20. The fourth-order valence-corrected chi connectivity index (χ4v) is 1.95. The van der Waals surface area contributed by atoms with Crippen LogP contribution < -0.4 is 5.32 Å². The van der Waals surface area contributed by atoms with E-state index in [-0.39, 0.29) is 17.4 Å². The molecule has 1 aliphatic rings. The SMILES string of the molecule is CC(C)(CCCl)NC(=O)C1CCOC1. The molecule has 0 aliphatic carbocycles. The van der Waals surface area contributed by atoms with Gasteiger partial charge in [-0.05, 0) is 26.7 Å². The lowest BCUT2D eigenvalue weighted by molar-refractivity contribution is -0.126. The first kappa shape index (κ1) is 11.8. The predicted molar refractivity (Wildman–Crippen MR) is 56.5 cm³/mol. The van der Waals surface area contributed by atoms with Gasteiger partial charge in [0, 0.05) is 18.0 Å². The van der Waals surface area contributed by atoms with Gasteiger partial charge in [-0.2, -0.15) is 0 Å². The second-order valence-corrected chi connectivity index (χ2v) is 4.75. The Morgan fingerprint density at radius 3 is 2.86 bits per heavy atom. The molecule has 1 rings (SSSR count). The van der Waals surface area contributed by atoms with Gasteiger partial charge < -0.3 is 10.1 Å². The third-order valence-electron chi connectivity index (χ3n) is 2.48. The normalized spacial score (nSPS) is 22.4. The molecule has 1 N–H and O–H groups in total. The monoisotopic (exact) mass is 219 g/mol. The molecule has 0 aromatic rings. The van der Waals surface area contributed by atoms with Crippen LogP contribution in [-0.2, 0) is 9.53 Å². The van der Waals surface area contributed by atoms with Gasteiger partial charge in [0.2, 0.25) is 5.91 Å². The number of amides is 1. The topological polar surface area (TPSA) is 38.3 Å². The summed E-state index contributed by atoms with van der Waals surface area (Å²) in [6, 6.07) is 0. The molecule has 0 aromatic heterocycles. The number of halogens is 1. The van der Waals surface area contributed by atoms with Gasteiger partial charge in [0.1, 0.15) is 0 Å². The molecule has 1 aliphatic heterocycles. The Hall–Kier alpha value is -0.280. The highest BCUT2D eigenvalue weighted by Crippen LogP contribution is 2.16. The first-order valence-electron chi connectivity index (χ1n) is 5.01. The van der Waals surface area contributed by atoms with Crippen molar-refractivity contribution in [3.63, 3.8) is 0 Å². The third kappa shape index (κ3) is 3.46. The summed E-state index contributed by atoms with van der Waals surface area (Å²) in [6.45, 7) is 5.24. The molecular formula is C10H18ClNO2. The minimum absolute atomic E-state index is 0.0320. The van der Waals surface area contributed by atoms with E-state index in [2.05, 4.69) is 5.32 Å². The van der Waals surface area contributed by atoms with E-state index < -0.39 is 0 Å². The van der Waals surface area contributed by atoms with Crippen molar-refractivity contribution in [2.45, 2.75) is 32.2 Å². The van der Waals surface area contributed by atoms with Crippen LogP contribution in [0.4, 0.5) is 0 Å². The Morgan fingerprint density at radius 2 is 2.36 bits per heavy atom. The molecule has 0 spiro atoms. The Balaban J connectivity index is 2.38. The molecule has 0 saturated carbocycles. The van der Waals surface area contributed by atoms with Gasteiger partial charge in [-0.25, -0.2) is 0 Å². The van der Waals surface area contributed by atoms with Crippen LogP contribution in [0.1, 0.15) is 26.7 Å². The summed E-state index contributed by atoms with van der Waals surface area (Å²) in [5.74, 6) is 0.691. The third-order valence-corrected chi connectivity index (χ3v) is 2.67. The number of carbonyl (C=O) groups excluding carboxylic acids is 1. The number of hydrogen-bond acceptors (Lipinski definition) is 2. The van der Waals surface area contributed by atoms with Gasteiger partial charge in [0.15, 0.2) is 0 Å². The highest BCUT2D eigenvalue weighted by molar-refractivity contribution is 6.17. The van der Waals surface area contributed by atoms with Gasteiger partial charge in [0.05, 0.1) is 12.5 Å². The lowest BCUT2D eigenvalue weighted by Gasteiger charge is -2.26. The van der Waals surface area contributed by atoms with Gasteiger partial charge in [0.25, 0.3) is 0 Å². The smallest absolute Gasteiger partial charge is 0.225 e. The van der Waals surface area contributed by atoms with E-state index in [9.17, 15) is 4.79 Å². The zero-order valence-electron chi connectivity index (χ0n) is 8.81. The Labute approximate surface area is 90.1 Å². The standard InChI is InChI=1S/C10H18ClNO2/c1-10(2,4-5-11)12-9(13)8-3-6-14-7-8/h8H,3-7H2,1-2H3,(H,12,13). The maximum absolute atomic E-state index is 11.7. The lowest BCUT2D eigenvalue weighted by atomic mass is 9.99. The van der Waals surface area contributed by atoms with E-state index in [1.807, 2.05) is 13.8 Å². The van der Waals surface area contributed by atoms with E-state index in [1.54, 1.807) is 0 Å². The summed E-state index contributed by atoms with van der Waals surface area (Å²) in [5.41, 5.74) is -0.207. The fourth-order valence-electron chi connectivity index (χ4n) is 1.48. The van der Waals surface area contributed by atoms with Gasteiger partial charge >= 0.3 is 0 Å². The van der Waals surface area contributed by atoms with Crippen LogP contribution >= 0.6 is 11.6 Å². The lowest BCUT2D eigenvalue weighted by Crippen LogP contribution is -2.46. The second-order valence-electron chi connectivity index (χ2n) is 4.37. The van der Waals surface area contributed by atoms with Crippen molar-refractivity contribution in [3.05, 3.63) is 0 Å². The van der Waals surface area contributed by atoms with E-state index in [4.69, 9.17) is 16.3 Å². The van der Waals surface area contributed by atoms with Crippen LogP contribution in [0.15, 0.2) is 0 Å². The molecule has 0 aromatic carbocycles. The van der Waals surface area contributed by atoms with Crippen molar-refractivity contribution in [2.75, 3.05) is 19.1 Å². The van der Waals surface area contributed by atoms with Crippen LogP contribution in [-0.4, -0.2) is 30.5 Å². The van der Waals surface area contributed by atoms with Crippen LogP contribution in [0, 0.1) is 5.92 Å². The van der Waals surface area contributed by atoms with Gasteiger partial charge in [-0.1, -0.05) is 0 Å². The molecule has 0 bridgehead atoms. The number of hydrogen-bond donors (Lipinski definition) is 1. The number of rotatable bonds is 4. The number of carbonyl (C=O) groups is 1. The van der Waals surface area contributed by atoms with Crippen molar-refractivity contribution in [1.82, 2.24) is 5.32 Å². The van der Waals surface area contributed by atoms with Crippen molar-refractivity contribution in [3.8, 4) is 0 Å². The van der Waals surface area contributed by atoms with Crippen LogP contribution in [0.2, 0.25) is 0 Å². The second kappa shape index (κ2) is 4.99. The summed E-state index contributed by atoms with van der Waals surface area (Å²) in [6.07, 6.45) is 1.62. The average molecular weight is 220 g/mol. The zero-order chi connectivity index (χ0) is 10.6. The molecule has 0 radical (unpaired) electrons. The maximum Gasteiger partial charge on any atom is 0.225 e. The summed E-state index contributed by atoms with van der Waals surface area (Å²) in [4.78, 5) is 11.7. The molecule has 82 valence electrons. The first-order valence-corrected chi connectivity index (χ1v) is 5.54. The number of nitrogens with one attached hydrogen (secondary N) is 1. The van der Waals surface area contributed by atoms with Crippen LogP contribution in [0.5, 0.6) is 0 Å². The minimum atomic E-state index is -0.207. The van der Waals surface area contributed by atoms with Crippen molar-refractivity contribution >= 4 is 17.5 Å². The minimum Gasteiger partial charge on any atom is -0.381 e. The first-order chi connectivity index (χ1) is 6.55. The highest BCUT2D eigenvalue weighted by Gasteiger charge is 2.28. The van der Waals surface area contributed by atoms with E-state index in [1.165, 1.54) is 0 Å². The number of ether oxygens (including phenoxy) is 1. The molecule has 1 fully saturated rings. The summed E-state index contributed by atoms with van der Waals surface area (Å²) in [5, 5.41) is 3.00. The van der Waals surface area contributed by atoms with Crippen molar-refractivity contribution < 1.29 is 9.53 Å². The number of alkyl halides is 1. The van der Waals surface area contributed by atoms with Crippen molar-refractivity contribution in [1.29, 1.82) is 0 Å². The van der Waals surface area contributed by atoms with Gasteiger partial charge in [-0.15, -0.1) is 11.6 Å². The van der Waals surface area contributed by atoms with Crippen molar-refractivity contribution in [2.24, 2.45) is 5.92 Å². The molecule has 14 heavy (non-hydrogen) atoms. The Bertz CT molecular complexity index is 200. The predicted octanol–water partition coefficient (Wildman–Crippen LogP) is 1.55. The molecule has 1 saturated heterocycles. The van der Waals surface area contributed by atoms with E-state index in [0.29, 0.717) is 19.1 Å². The molecular weight excluding hydrogens is 202 g/mol. The average Bonchev–Trinajstić information content (AvgIpc) is 2.53. The van der Waals surface area contributed by atoms with Gasteiger partial charge in [-0.3, -0.25) is 4.79 Å². The molecule has 1 unspecified atom stereocenters. The molecule has 1 amide bonds. The summed E-state index contributed by atoms with van der Waals surface area (Å²) < 4.78 is 5.17. The fraction of sp³-hybridized carbons (Fsp3) is 0.900. The molecule has 1 heterocycles. The molecule has 3 nitrogen and oxygen atoms in total. The maximum atomic E-state index is 11.7. The largest absolute Gasteiger partial charge is 0.381 e. The molecule has 4 heteroatoms. The van der Waals surface area contributed by atoms with Crippen LogP contribution in [0.25, 0.3) is 0 Å². The highest BCUT2D eigenvalue weighted by atomic mass is 35.5. The quantitative estimate of drug-likeness (QED) is 0.729. The Morgan fingerprint density at radius 1 is 1.64 bits per heavy atom. The van der Waals surface area contributed by atoms with E-state index in [0.717, 1.165) is 12.8 Å². The van der Waals surface area contributed by atoms with E-state index >= 15 is 0 Å². The zero-order valence-corrected chi connectivity index (χ0v) is 9.56. The molecule has 1 atom stereocenters. The summed E-state index contributed by atoms with van der Waals surface area (Å²) in [7, 11) is 0. The van der Waals surface area contributed by atoms with Crippen LogP contribution in [0.3, 0.4) is 0 Å². The summed E-state index contributed by atoms with van der Waals surface area (Å²) >= 11 is 5.65.